The molecular weight excluding hydrogens is 324 g/mol. The first-order valence-electron chi connectivity index (χ1n) is 7.25. The Morgan fingerprint density at radius 3 is 2.75 bits per heavy atom. The van der Waals surface area contributed by atoms with Gasteiger partial charge in [-0.1, -0.05) is 12.1 Å². The van der Waals surface area contributed by atoms with Gasteiger partial charge in [0.2, 0.25) is 0 Å². The summed E-state index contributed by atoms with van der Waals surface area (Å²) >= 11 is 1.40. The molecule has 0 atom stereocenters. The SMILES string of the molecule is CSc1cccc(Nc2cc(C)nn2-c2ccccn2)c1C(=O)O. The van der Waals surface area contributed by atoms with E-state index in [-0.39, 0.29) is 5.56 Å². The molecule has 2 N–H and O–H groups in total. The molecule has 6 nitrogen and oxygen atoms in total. The third-order valence-electron chi connectivity index (χ3n) is 3.42. The van der Waals surface area contributed by atoms with Crippen LogP contribution in [0.5, 0.6) is 0 Å². The molecular formula is C17H16N4O2S. The Kier molecular flexibility index (Phi) is 4.52. The number of rotatable bonds is 5. The minimum atomic E-state index is -0.969. The van der Waals surface area contributed by atoms with Gasteiger partial charge >= 0.3 is 5.97 Å². The molecule has 3 rings (SSSR count). The van der Waals surface area contributed by atoms with Gasteiger partial charge in [-0.3, -0.25) is 0 Å². The Bertz CT molecular complexity index is 878. The molecule has 2 heterocycles. The van der Waals surface area contributed by atoms with E-state index in [0.29, 0.717) is 22.2 Å². The molecule has 0 radical (unpaired) electrons. The molecule has 0 aliphatic heterocycles. The molecule has 0 aliphatic rings. The molecule has 0 saturated heterocycles. The van der Waals surface area contributed by atoms with Crippen molar-refractivity contribution in [2.75, 3.05) is 11.6 Å². The van der Waals surface area contributed by atoms with Gasteiger partial charge in [-0.15, -0.1) is 11.8 Å². The number of carbonyl (C=O) groups is 1. The lowest BCUT2D eigenvalue weighted by Crippen LogP contribution is -2.08. The summed E-state index contributed by atoms with van der Waals surface area (Å²) in [5, 5.41) is 17.2. The number of carboxylic acid groups (broad SMARTS) is 1. The Balaban J connectivity index is 2.06. The number of carboxylic acids is 1. The van der Waals surface area contributed by atoms with E-state index in [1.807, 2.05) is 43.5 Å². The number of thioether (sulfide) groups is 1. The number of hydrogen-bond acceptors (Lipinski definition) is 5. The topological polar surface area (TPSA) is 80.0 Å². The summed E-state index contributed by atoms with van der Waals surface area (Å²) in [5.41, 5.74) is 1.57. The average Bonchev–Trinajstić information content (AvgIpc) is 2.95. The maximum Gasteiger partial charge on any atom is 0.338 e. The van der Waals surface area contributed by atoms with Crippen LogP contribution >= 0.6 is 11.8 Å². The van der Waals surface area contributed by atoms with E-state index in [9.17, 15) is 9.90 Å². The van der Waals surface area contributed by atoms with E-state index < -0.39 is 5.97 Å². The Labute approximate surface area is 143 Å². The van der Waals surface area contributed by atoms with Crippen LogP contribution in [0.2, 0.25) is 0 Å². The minimum absolute atomic E-state index is 0.247. The molecule has 0 amide bonds. The van der Waals surface area contributed by atoms with Gasteiger partial charge in [0, 0.05) is 17.2 Å². The maximum absolute atomic E-state index is 11.7. The Morgan fingerprint density at radius 1 is 1.25 bits per heavy atom. The second-order valence-electron chi connectivity index (χ2n) is 5.08. The lowest BCUT2D eigenvalue weighted by atomic mass is 10.1. The fraction of sp³-hybridized carbons (Fsp3) is 0.118. The molecule has 0 unspecified atom stereocenters. The molecule has 2 aromatic heterocycles. The molecule has 0 fully saturated rings. The van der Waals surface area contributed by atoms with E-state index in [2.05, 4.69) is 15.4 Å². The number of aromatic nitrogens is 3. The first-order chi connectivity index (χ1) is 11.6. The van der Waals surface area contributed by atoms with Crippen LogP contribution in [0.4, 0.5) is 11.5 Å². The van der Waals surface area contributed by atoms with Crippen molar-refractivity contribution in [2.45, 2.75) is 11.8 Å². The quantitative estimate of drug-likeness (QED) is 0.689. The lowest BCUT2D eigenvalue weighted by molar-refractivity contribution is 0.0694. The van der Waals surface area contributed by atoms with Gasteiger partial charge in [-0.2, -0.15) is 9.78 Å². The molecule has 0 bridgehead atoms. The predicted molar refractivity (Wildman–Crippen MR) is 94.6 cm³/mol. The number of pyridine rings is 1. The first kappa shape index (κ1) is 16.1. The monoisotopic (exact) mass is 340 g/mol. The van der Waals surface area contributed by atoms with Gasteiger partial charge in [-0.05, 0) is 37.4 Å². The Morgan fingerprint density at radius 2 is 2.08 bits per heavy atom. The highest BCUT2D eigenvalue weighted by Crippen LogP contribution is 2.30. The summed E-state index contributed by atoms with van der Waals surface area (Å²) in [6.07, 6.45) is 3.54. The lowest BCUT2D eigenvalue weighted by Gasteiger charge is -2.13. The van der Waals surface area contributed by atoms with Crippen molar-refractivity contribution in [3.8, 4) is 5.82 Å². The highest BCUT2D eigenvalue weighted by Gasteiger charge is 2.17. The zero-order valence-electron chi connectivity index (χ0n) is 13.2. The summed E-state index contributed by atoms with van der Waals surface area (Å²) in [7, 11) is 0. The number of nitrogens with one attached hydrogen (secondary N) is 1. The smallest absolute Gasteiger partial charge is 0.338 e. The third-order valence-corrected chi connectivity index (χ3v) is 4.20. The number of aryl methyl sites for hydroxylation is 1. The molecule has 3 aromatic rings. The molecule has 0 aliphatic carbocycles. The highest BCUT2D eigenvalue weighted by molar-refractivity contribution is 7.98. The predicted octanol–water partition coefficient (Wildman–Crippen LogP) is 3.74. The highest BCUT2D eigenvalue weighted by atomic mass is 32.2. The fourth-order valence-corrected chi connectivity index (χ4v) is 3.02. The van der Waals surface area contributed by atoms with Crippen LogP contribution in [0.15, 0.2) is 53.6 Å². The average molecular weight is 340 g/mol. The molecule has 24 heavy (non-hydrogen) atoms. The summed E-state index contributed by atoms with van der Waals surface area (Å²) in [5.74, 6) is 0.348. The van der Waals surface area contributed by atoms with Gasteiger partial charge in [0.05, 0.1) is 16.9 Å². The summed E-state index contributed by atoms with van der Waals surface area (Å²) in [6, 6.07) is 12.8. The summed E-state index contributed by atoms with van der Waals surface area (Å²) in [6.45, 7) is 1.88. The van der Waals surface area contributed by atoms with Crippen molar-refractivity contribution < 1.29 is 9.90 Å². The van der Waals surface area contributed by atoms with E-state index in [1.54, 1.807) is 23.0 Å². The van der Waals surface area contributed by atoms with Crippen LogP contribution in [0, 0.1) is 6.92 Å². The van der Waals surface area contributed by atoms with Crippen LogP contribution in [0.3, 0.4) is 0 Å². The van der Waals surface area contributed by atoms with Crippen LogP contribution in [-0.2, 0) is 0 Å². The van der Waals surface area contributed by atoms with E-state index in [0.717, 1.165) is 5.69 Å². The Hall–Kier alpha value is -2.80. The first-order valence-corrected chi connectivity index (χ1v) is 8.48. The molecule has 7 heteroatoms. The van der Waals surface area contributed by atoms with Crippen molar-refractivity contribution in [2.24, 2.45) is 0 Å². The maximum atomic E-state index is 11.7. The van der Waals surface area contributed by atoms with Gasteiger partial charge in [0.1, 0.15) is 5.82 Å². The zero-order valence-corrected chi connectivity index (χ0v) is 14.0. The van der Waals surface area contributed by atoms with Gasteiger partial charge < -0.3 is 10.4 Å². The minimum Gasteiger partial charge on any atom is -0.478 e. The van der Waals surface area contributed by atoms with Crippen molar-refractivity contribution >= 4 is 29.2 Å². The molecule has 0 saturated carbocycles. The number of aromatic carboxylic acids is 1. The standard InChI is InChI=1S/C17H16N4O2S/c1-11-10-15(21(20-11)14-8-3-4-9-18-14)19-12-6-5-7-13(24-2)16(12)17(22)23/h3-10,19H,1-2H3,(H,22,23). The second kappa shape index (κ2) is 6.76. The van der Waals surface area contributed by atoms with E-state index in [1.165, 1.54) is 11.8 Å². The number of hydrogen-bond donors (Lipinski definition) is 2. The van der Waals surface area contributed by atoms with Gasteiger partial charge in [-0.25, -0.2) is 9.78 Å². The third kappa shape index (κ3) is 3.11. The normalized spacial score (nSPS) is 10.6. The van der Waals surface area contributed by atoms with Crippen molar-refractivity contribution in [1.82, 2.24) is 14.8 Å². The summed E-state index contributed by atoms with van der Waals surface area (Å²) in [4.78, 5) is 16.7. The summed E-state index contributed by atoms with van der Waals surface area (Å²) < 4.78 is 1.66. The van der Waals surface area contributed by atoms with Crippen LogP contribution in [-0.4, -0.2) is 32.1 Å². The van der Waals surface area contributed by atoms with Gasteiger partial charge in [0.15, 0.2) is 5.82 Å². The fourth-order valence-electron chi connectivity index (χ4n) is 2.41. The van der Waals surface area contributed by atoms with E-state index >= 15 is 0 Å². The molecule has 122 valence electrons. The zero-order chi connectivity index (χ0) is 17.1. The van der Waals surface area contributed by atoms with Crippen LogP contribution in [0.1, 0.15) is 16.1 Å². The number of nitrogens with zero attached hydrogens (tertiary/aromatic N) is 3. The van der Waals surface area contributed by atoms with Crippen molar-refractivity contribution in [3.63, 3.8) is 0 Å². The van der Waals surface area contributed by atoms with E-state index in [4.69, 9.17) is 0 Å². The second-order valence-corrected chi connectivity index (χ2v) is 5.93. The van der Waals surface area contributed by atoms with Crippen molar-refractivity contribution in [1.29, 1.82) is 0 Å². The number of benzene rings is 1. The van der Waals surface area contributed by atoms with Gasteiger partial charge in [0.25, 0.3) is 0 Å². The largest absolute Gasteiger partial charge is 0.478 e. The number of anilines is 2. The van der Waals surface area contributed by atoms with Crippen molar-refractivity contribution in [3.05, 3.63) is 59.9 Å². The molecule has 0 spiro atoms. The van der Waals surface area contributed by atoms with Crippen LogP contribution in [0.25, 0.3) is 5.82 Å². The molecule has 1 aromatic carbocycles. The van der Waals surface area contributed by atoms with Crippen LogP contribution < -0.4 is 5.32 Å².